The highest BCUT2D eigenvalue weighted by Crippen LogP contribution is 2.20. The van der Waals surface area contributed by atoms with Crippen LogP contribution in [0, 0.1) is 5.82 Å². The standard InChI is InChI=1S/C17H20FNO/c1-19(13-14-7-3-2-4-8-14)12-11-17(20)15-9-5-6-10-16(15)18/h2-10,17,20H,11-13H2,1H3. The quantitative estimate of drug-likeness (QED) is 0.872. The van der Waals surface area contributed by atoms with Gasteiger partial charge in [0.2, 0.25) is 0 Å². The van der Waals surface area contributed by atoms with Crippen molar-refractivity contribution in [1.29, 1.82) is 0 Å². The second kappa shape index (κ2) is 7.17. The normalized spacial score (nSPS) is 12.6. The van der Waals surface area contributed by atoms with E-state index >= 15 is 0 Å². The highest BCUT2D eigenvalue weighted by molar-refractivity contribution is 5.19. The van der Waals surface area contributed by atoms with Gasteiger partial charge in [0.15, 0.2) is 0 Å². The first kappa shape index (κ1) is 14.7. The summed E-state index contributed by atoms with van der Waals surface area (Å²) in [7, 11) is 2.00. The summed E-state index contributed by atoms with van der Waals surface area (Å²) in [5, 5.41) is 10.0. The van der Waals surface area contributed by atoms with E-state index < -0.39 is 6.10 Å². The number of halogens is 1. The van der Waals surface area contributed by atoms with Gasteiger partial charge in [-0.15, -0.1) is 0 Å². The zero-order chi connectivity index (χ0) is 14.4. The Bertz CT molecular complexity index is 530. The molecule has 0 heterocycles. The van der Waals surface area contributed by atoms with E-state index in [0.29, 0.717) is 18.5 Å². The molecule has 0 aliphatic rings. The summed E-state index contributed by atoms with van der Waals surface area (Å²) in [5.74, 6) is -0.342. The predicted octanol–water partition coefficient (Wildman–Crippen LogP) is 3.38. The smallest absolute Gasteiger partial charge is 0.128 e. The molecule has 106 valence electrons. The summed E-state index contributed by atoms with van der Waals surface area (Å²) < 4.78 is 13.5. The maximum Gasteiger partial charge on any atom is 0.128 e. The maximum absolute atomic E-state index is 13.5. The molecule has 0 saturated carbocycles. The molecule has 0 fully saturated rings. The molecule has 0 aliphatic carbocycles. The van der Waals surface area contributed by atoms with Gasteiger partial charge in [-0.1, -0.05) is 48.5 Å². The van der Waals surface area contributed by atoms with E-state index in [4.69, 9.17) is 0 Å². The molecule has 2 nitrogen and oxygen atoms in total. The summed E-state index contributed by atoms with van der Waals surface area (Å²) in [4.78, 5) is 2.12. The van der Waals surface area contributed by atoms with E-state index in [0.717, 1.165) is 6.54 Å². The minimum Gasteiger partial charge on any atom is -0.388 e. The van der Waals surface area contributed by atoms with Crippen LogP contribution >= 0.6 is 0 Å². The fourth-order valence-electron chi connectivity index (χ4n) is 2.22. The Morgan fingerprint density at radius 1 is 1.05 bits per heavy atom. The van der Waals surface area contributed by atoms with E-state index in [1.807, 2.05) is 25.2 Å². The fraction of sp³-hybridized carbons (Fsp3) is 0.294. The summed E-state index contributed by atoms with van der Waals surface area (Å²) in [6.07, 6.45) is -0.237. The SMILES string of the molecule is CN(CCC(O)c1ccccc1F)Cc1ccccc1. The molecule has 0 radical (unpaired) electrons. The van der Waals surface area contributed by atoms with Gasteiger partial charge in [-0.25, -0.2) is 4.39 Å². The minimum absolute atomic E-state index is 0.342. The molecule has 0 amide bonds. The van der Waals surface area contributed by atoms with Gasteiger partial charge in [0.25, 0.3) is 0 Å². The van der Waals surface area contributed by atoms with E-state index in [1.54, 1.807) is 18.2 Å². The predicted molar refractivity (Wildman–Crippen MR) is 78.8 cm³/mol. The van der Waals surface area contributed by atoms with Crippen LogP contribution in [0.3, 0.4) is 0 Å². The molecule has 2 aromatic rings. The van der Waals surface area contributed by atoms with Crippen LogP contribution in [0.1, 0.15) is 23.7 Å². The van der Waals surface area contributed by atoms with Crippen LogP contribution in [0.4, 0.5) is 4.39 Å². The lowest BCUT2D eigenvalue weighted by Crippen LogP contribution is -2.21. The molecule has 1 unspecified atom stereocenters. The Morgan fingerprint density at radius 2 is 1.70 bits per heavy atom. The van der Waals surface area contributed by atoms with Gasteiger partial charge in [0.1, 0.15) is 5.82 Å². The van der Waals surface area contributed by atoms with E-state index in [9.17, 15) is 9.50 Å². The Labute approximate surface area is 119 Å². The molecule has 1 atom stereocenters. The molecule has 0 aromatic heterocycles. The van der Waals surface area contributed by atoms with E-state index in [2.05, 4.69) is 17.0 Å². The zero-order valence-electron chi connectivity index (χ0n) is 11.7. The molecule has 0 saturated heterocycles. The second-order valence-corrected chi connectivity index (χ2v) is 5.05. The summed E-state index contributed by atoms with van der Waals surface area (Å²) in [6.45, 7) is 1.54. The summed E-state index contributed by atoms with van der Waals surface area (Å²) in [6, 6.07) is 16.6. The van der Waals surface area contributed by atoms with Crippen LogP contribution in [0.15, 0.2) is 54.6 Å². The first-order valence-electron chi connectivity index (χ1n) is 6.82. The number of aliphatic hydroxyl groups excluding tert-OH is 1. The number of aliphatic hydroxyl groups is 1. The van der Waals surface area contributed by atoms with Gasteiger partial charge in [-0.3, -0.25) is 0 Å². The third-order valence-electron chi connectivity index (χ3n) is 3.34. The van der Waals surface area contributed by atoms with Crippen molar-refractivity contribution in [3.05, 3.63) is 71.5 Å². The third kappa shape index (κ3) is 4.15. The first-order chi connectivity index (χ1) is 9.66. The average Bonchev–Trinajstić information content (AvgIpc) is 2.46. The number of nitrogens with zero attached hydrogens (tertiary/aromatic N) is 1. The van der Waals surface area contributed by atoms with Crippen molar-refractivity contribution < 1.29 is 9.50 Å². The lowest BCUT2D eigenvalue weighted by Gasteiger charge is -2.19. The highest BCUT2D eigenvalue weighted by Gasteiger charge is 2.12. The molecule has 2 aromatic carbocycles. The molecular formula is C17H20FNO. The maximum atomic E-state index is 13.5. The van der Waals surface area contributed by atoms with Gasteiger partial charge in [-0.05, 0) is 25.1 Å². The third-order valence-corrected chi connectivity index (χ3v) is 3.34. The molecule has 1 N–H and O–H groups in total. The Morgan fingerprint density at radius 3 is 2.40 bits per heavy atom. The molecule has 2 rings (SSSR count). The van der Waals surface area contributed by atoms with Crippen molar-refractivity contribution in [3.8, 4) is 0 Å². The lowest BCUT2D eigenvalue weighted by atomic mass is 10.1. The van der Waals surface area contributed by atoms with Crippen molar-refractivity contribution in [3.63, 3.8) is 0 Å². The van der Waals surface area contributed by atoms with Gasteiger partial charge in [-0.2, -0.15) is 0 Å². The zero-order valence-corrected chi connectivity index (χ0v) is 11.7. The van der Waals surface area contributed by atoms with Crippen LogP contribution in [-0.4, -0.2) is 23.6 Å². The van der Waals surface area contributed by atoms with Gasteiger partial charge in [0.05, 0.1) is 6.10 Å². The van der Waals surface area contributed by atoms with Crippen LogP contribution in [0.5, 0.6) is 0 Å². The van der Waals surface area contributed by atoms with Crippen molar-refractivity contribution in [1.82, 2.24) is 4.90 Å². The topological polar surface area (TPSA) is 23.5 Å². The summed E-state index contributed by atoms with van der Waals surface area (Å²) >= 11 is 0. The number of rotatable bonds is 6. The minimum atomic E-state index is -0.755. The van der Waals surface area contributed by atoms with Crippen LogP contribution < -0.4 is 0 Å². The molecule has 0 bridgehead atoms. The van der Waals surface area contributed by atoms with E-state index in [-0.39, 0.29) is 5.82 Å². The first-order valence-corrected chi connectivity index (χ1v) is 6.82. The average molecular weight is 273 g/mol. The lowest BCUT2D eigenvalue weighted by molar-refractivity contribution is 0.144. The van der Waals surface area contributed by atoms with Crippen molar-refractivity contribution in [2.24, 2.45) is 0 Å². The fourth-order valence-corrected chi connectivity index (χ4v) is 2.22. The van der Waals surface area contributed by atoms with Gasteiger partial charge < -0.3 is 10.0 Å². The Kier molecular flexibility index (Phi) is 5.27. The number of benzene rings is 2. The van der Waals surface area contributed by atoms with Crippen molar-refractivity contribution in [2.45, 2.75) is 19.1 Å². The van der Waals surface area contributed by atoms with Crippen molar-refractivity contribution >= 4 is 0 Å². The molecular weight excluding hydrogens is 253 g/mol. The highest BCUT2D eigenvalue weighted by atomic mass is 19.1. The number of hydrogen-bond donors (Lipinski definition) is 1. The Hall–Kier alpha value is -1.71. The van der Waals surface area contributed by atoms with Gasteiger partial charge in [0, 0.05) is 18.7 Å². The van der Waals surface area contributed by atoms with Crippen LogP contribution in [-0.2, 0) is 6.54 Å². The van der Waals surface area contributed by atoms with E-state index in [1.165, 1.54) is 11.6 Å². The van der Waals surface area contributed by atoms with Crippen molar-refractivity contribution in [2.75, 3.05) is 13.6 Å². The van der Waals surface area contributed by atoms with Crippen LogP contribution in [0.2, 0.25) is 0 Å². The monoisotopic (exact) mass is 273 g/mol. The van der Waals surface area contributed by atoms with Gasteiger partial charge >= 0.3 is 0 Å². The second-order valence-electron chi connectivity index (χ2n) is 5.05. The molecule has 3 heteroatoms. The summed E-state index contributed by atoms with van der Waals surface area (Å²) in [5.41, 5.74) is 1.61. The number of hydrogen-bond acceptors (Lipinski definition) is 2. The van der Waals surface area contributed by atoms with Crippen LogP contribution in [0.25, 0.3) is 0 Å². The molecule has 20 heavy (non-hydrogen) atoms. The largest absolute Gasteiger partial charge is 0.388 e. The Balaban J connectivity index is 1.84. The molecule has 0 spiro atoms. The molecule has 0 aliphatic heterocycles.